The molecule has 4 rings (SSSR count). The Morgan fingerprint density at radius 1 is 1.05 bits per heavy atom. The van der Waals surface area contributed by atoms with E-state index in [1.807, 2.05) is 6.07 Å². The van der Waals surface area contributed by atoms with Gasteiger partial charge in [0.25, 0.3) is 0 Å². The van der Waals surface area contributed by atoms with Crippen LogP contribution >= 0.6 is 0 Å². The van der Waals surface area contributed by atoms with Crippen molar-refractivity contribution in [3.05, 3.63) is 44.5 Å². The largest absolute Gasteiger partial charge is 0.388 e. The lowest BCUT2D eigenvalue weighted by Crippen LogP contribution is -2.29. The van der Waals surface area contributed by atoms with Gasteiger partial charge in [-0.1, -0.05) is 12.5 Å². The first-order chi connectivity index (χ1) is 10.1. The van der Waals surface area contributed by atoms with Crippen LogP contribution in [0.2, 0.25) is 0 Å². The van der Waals surface area contributed by atoms with Crippen LogP contribution in [0.4, 0.5) is 0 Å². The molecule has 0 amide bonds. The van der Waals surface area contributed by atoms with Crippen LogP contribution in [-0.4, -0.2) is 15.1 Å². The molecule has 0 radical (unpaired) electrons. The first kappa shape index (κ1) is 12.8. The van der Waals surface area contributed by atoms with Crippen molar-refractivity contribution in [1.29, 1.82) is 0 Å². The number of hydrogen-bond acceptors (Lipinski definition) is 3. The first-order valence-electron chi connectivity index (χ1n) is 7.56. The van der Waals surface area contributed by atoms with Crippen molar-refractivity contribution in [3.63, 3.8) is 0 Å². The van der Waals surface area contributed by atoms with Gasteiger partial charge in [0.1, 0.15) is 0 Å². The van der Waals surface area contributed by atoms with Crippen molar-refractivity contribution in [3.8, 4) is 0 Å². The van der Waals surface area contributed by atoms with E-state index in [1.165, 1.54) is 19.3 Å². The number of hydrogen-bond donors (Lipinski definition) is 3. The van der Waals surface area contributed by atoms with Gasteiger partial charge >= 0.3 is 11.1 Å². The molecule has 1 heterocycles. The Hall–Kier alpha value is -1.88. The molecule has 1 aromatic carbocycles. The molecule has 5 nitrogen and oxygen atoms in total. The van der Waals surface area contributed by atoms with Crippen molar-refractivity contribution >= 4 is 11.0 Å². The van der Waals surface area contributed by atoms with Crippen LogP contribution in [0.5, 0.6) is 0 Å². The van der Waals surface area contributed by atoms with Gasteiger partial charge in [0, 0.05) is 0 Å². The molecule has 0 saturated heterocycles. The molecular weight excluding hydrogens is 268 g/mol. The van der Waals surface area contributed by atoms with E-state index < -0.39 is 17.2 Å². The van der Waals surface area contributed by atoms with Gasteiger partial charge in [0.2, 0.25) is 0 Å². The quantitative estimate of drug-likeness (QED) is 0.734. The summed E-state index contributed by atoms with van der Waals surface area (Å²) in [5.41, 5.74) is 0.670. The fourth-order valence-electron chi connectivity index (χ4n) is 4.24. The van der Waals surface area contributed by atoms with Crippen molar-refractivity contribution in [1.82, 2.24) is 9.97 Å². The van der Waals surface area contributed by atoms with Crippen LogP contribution in [0.1, 0.15) is 37.4 Å². The number of aromatic nitrogens is 2. The average Bonchev–Trinajstić information content (AvgIpc) is 3.10. The fourth-order valence-corrected chi connectivity index (χ4v) is 4.24. The van der Waals surface area contributed by atoms with Crippen LogP contribution in [0, 0.1) is 17.8 Å². The normalized spacial score (nSPS) is 29.1. The number of aromatic amines is 2. The molecular formula is C16H18N2O3. The Bertz CT molecular complexity index is 807. The minimum Gasteiger partial charge on any atom is -0.388 e. The Morgan fingerprint density at radius 2 is 1.81 bits per heavy atom. The van der Waals surface area contributed by atoms with E-state index >= 15 is 0 Å². The van der Waals surface area contributed by atoms with E-state index in [1.54, 1.807) is 12.1 Å². The lowest BCUT2D eigenvalue weighted by molar-refractivity contribution is 0.0746. The summed E-state index contributed by atoms with van der Waals surface area (Å²) in [5, 5.41) is 10.7. The molecule has 3 N–H and O–H groups in total. The number of rotatable bonds is 2. The van der Waals surface area contributed by atoms with Gasteiger partial charge in [-0.05, 0) is 54.7 Å². The first-order valence-corrected chi connectivity index (χ1v) is 7.56. The molecule has 110 valence electrons. The molecule has 0 spiro atoms. The number of aliphatic hydroxyl groups is 1. The standard InChI is InChI=1S/C16H18N2O3/c19-14(11-6-8-1-2-9(11)5-8)10-3-4-12-13(7-10)18-16(21)15(20)17-12/h3-4,7-9,11,14,19H,1-2,5-6H2,(H,17,20)(H,18,21). The average molecular weight is 286 g/mol. The van der Waals surface area contributed by atoms with Crippen molar-refractivity contribution < 1.29 is 5.11 Å². The minimum atomic E-state index is -0.658. The zero-order valence-corrected chi connectivity index (χ0v) is 11.6. The monoisotopic (exact) mass is 286 g/mol. The molecule has 2 aromatic rings. The highest BCUT2D eigenvalue weighted by molar-refractivity contribution is 5.74. The van der Waals surface area contributed by atoms with Crippen molar-refractivity contribution in [2.45, 2.75) is 31.8 Å². The molecule has 21 heavy (non-hydrogen) atoms. The zero-order chi connectivity index (χ0) is 14.6. The summed E-state index contributed by atoms with van der Waals surface area (Å²) in [4.78, 5) is 27.8. The Labute approximate surface area is 121 Å². The Morgan fingerprint density at radius 3 is 2.48 bits per heavy atom. The molecule has 1 aromatic heterocycles. The van der Waals surface area contributed by atoms with E-state index in [9.17, 15) is 14.7 Å². The van der Waals surface area contributed by atoms with E-state index in [0.29, 0.717) is 22.9 Å². The maximum Gasteiger partial charge on any atom is 0.314 e. The van der Waals surface area contributed by atoms with Crippen LogP contribution in [0.15, 0.2) is 27.8 Å². The van der Waals surface area contributed by atoms with Crippen LogP contribution in [-0.2, 0) is 0 Å². The summed E-state index contributed by atoms with van der Waals surface area (Å²) in [6, 6.07) is 5.37. The highest BCUT2D eigenvalue weighted by Gasteiger charge is 2.43. The van der Waals surface area contributed by atoms with E-state index in [4.69, 9.17) is 0 Å². The Kier molecular flexibility index (Phi) is 2.79. The van der Waals surface area contributed by atoms with Gasteiger partial charge in [0.05, 0.1) is 17.1 Å². The van der Waals surface area contributed by atoms with Crippen LogP contribution < -0.4 is 11.1 Å². The summed E-state index contributed by atoms with van der Waals surface area (Å²) >= 11 is 0. The number of aliphatic hydroxyl groups excluding tert-OH is 1. The predicted molar refractivity (Wildman–Crippen MR) is 79.1 cm³/mol. The molecule has 2 bridgehead atoms. The second-order valence-corrected chi connectivity index (χ2v) is 6.50. The highest BCUT2D eigenvalue weighted by atomic mass is 16.3. The van der Waals surface area contributed by atoms with Crippen molar-refractivity contribution in [2.24, 2.45) is 17.8 Å². The second-order valence-electron chi connectivity index (χ2n) is 6.50. The molecule has 0 aliphatic heterocycles. The van der Waals surface area contributed by atoms with Gasteiger partial charge < -0.3 is 15.1 Å². The number of fused-ring (bicyclic) bond motifs is 3. The van der Waals surface area contributed by atoms with Crippen LogP contribution in [0.25, 0.3) is 11.0 Å². The predicted octanol–water partition coefficient (Wildman–Crippen LogP) is 1.69. The van der Waals surface area contributed by atoms with Gasteiger partial charge in [0.15, 0.2) is 0 Å². The van der Waals surface area contributed by atoms with E-state index in [0.717, 1.165) is 17.9 Å². The van der Waals surface area contributed by atoms with E-state index in [-0.39, 0.29) is 0 Å². The third-order valence-corrected chi connectivity index (χ3v) is 5.29. The molecule has 5 heteroatoms. The van der Waals surface area contributed by atoms with E-state index in [2.05, 4.69) is 9.97 Å². The zero-order valence-electron chi connectivity index (χ0n) is 11.6. The third kappa shape index (κ3) is 2.03. The molecule has 4 atom stereocenters. The van der Waals surface area contributed by atoms with Gasteiger partial charge in [-0.15, -0.1) is 0 Å². The summed E-state index contributed by atoms with van der Waals surface area (Å²) in [5.74, 6) is 1.75. The second kappa shape index (κ2) is 4.56. The van der Waals surface area contributed by atoms with Crippen molar-refractivity contribution in [2.75, 3.05) is 0 Å². The lowest BCUT2D eigenvalue weighted by atomic mass is 9.82. The highest BCUT2D eigenvalue weighted by Crippen LogP contribution is 2.52. The minimum absolute atomic E-state index is 0.329. The maximum atomic E-state index is 11.4. The number of H-pyrrole nitrogens is 2. The molecule has 2 saturated carbocycles. The fraction of sp³-hybridized carbons (Fsp3) is 0.500. The lowest BCUT2D eigenvalue weighted by Gasteiger charge is -2.27. The molecule has 2 fully saturated rings. The summed E-state index contributed by atoms with van der Waals surface area (Å²) < 4.78 is 0. The topological polar surface area (TPSA) is 85.9 Å². The summed E-state index contributed by atoms with van der Waals surface area (Å²) in [6.45, 7) is 0. The summed E-state index contributed by atoms with van der Waals surface area (Å²) in [6.07, 6.45) is 4.40. The maximum absolute atomic E-state index is 11.4. The third-order valence-electron chi connectivity index (χ3n) is 5.29. The van der Waals surface area contributed by atoms with Gasteiger partial charge in [-0.2, -0.15) is 0 Å². The van der Waals surface area contributed by atoms with Gasteiger partial charge in [-0.3, -0.25) is 9.59 Å². The molecule has 4 unspecified atom stereocenters. The Balaban J connectivity index is 1.71. The van der Waals surface area contributed by atoms with Gasteiger partial charge in [-0.25, -0.2) is 0 Å². The SMILES string of the molecule is O=c1[nH]c2ccc(C(O)C3CC4CCC3C4)cc2[nH]c1=O. The molecule has 2 aliphatic rings. The smallest absolute Gasteiger partial charge is 0.314 e. The number of nitrogens with one attached hydrogen (secondary N) is 2. The summed E-state index contributed by atoms with van der Waals surface area (Å²) in [7, 11) is 0. The molecule has 2 aliphatic carbocycles. The van der Waals surface area contributed by atoms with Crippen LogP contribution in [0.3, 0.4) is 0 Å². The number of benzene rings is 1.